The summed E-state index contributed by atoms with van der Waals surface area (Å²) in [4.78, 5) is 15.2. The predicted molar refractivity (Wildman–Crippen MR) is 67.6 cm³/mol. The van der Waals surface area contributed by atoms with Gasteiger partial charge in [-0.05, 0) is 6.07 Å². The van der Waals surface area contributed by atoms with E-state index in [4.69, 9.17) is 9.84 Å². The molecule has 0 unspecified atom stereocenters. The summed E-state index contributed by atoms with van der Waals surface area (Å²) in [5.41, 5.74) is 2.13. The Kier molecular flexibility index (Phi) is 3.57. The molecule has 2 rings (SSSR count). The maximum absolute atomic E-state index is 10.9. The van der Waals surface area contributed by atoms with Crippen LogP contribution in [0.5, 0.6) is 5.75 Å². The van der Waals surface area contributed by atoms with Crippen LogP contribution in [0.4, 0.5) is 0 Å². The first-order chi connectivity index (χ1) is 8.72. The van der Waals surface area contributed by atoms with Crippen LogP contribution in [0, 0.1) is 0 Å². The van der Waals surface area contributed by atoms with E-state index in [1.54, 1.807) is 12.3 Å². The Hall–Kier alpha value is -2.36. The molecule has 4 heteroatoms. The summed E-state index contributed by atoms with van der Waals surface area (Å²) in [7, 11) is 1.52. The van der Waals surface area contributed by atoms with Gasteiger partial charge in [-0.3, -0.25) is 9.78 Å². The number of ether oxygens (including phenoxy) is 1. The maximum atomic E-state index is 10.9. The molecule has 0 saturated carbocycles. The molecule has 0 aliphatic carbocycles. The molecule has 1 heterocycles. The quantitative estimate of drug-likeness (QED) is 0.895. The van der Waals surface area contributed by atoms with Crippen molar-refractivity contribution in [2.24, 2.45) is 0 Å². The van der Waals surface area contributed by atoms with Crippen molar-refractivity contribution in [1.29, 1.82) is 0 Å². The van der Waals surface area contributed by atoms with Crippen molar-refractivity contribution in [3.05, 3.63) is 48.2 Å². The van der Waals surface area contributed by atoms with E-state index in [1.807, 2.05) is 30.3 Å². The summed E-state index contributed by atoms with van der Waals surface area (Å²) in [5, 5.41) is 8.97. The van der Waals surface area contributed by atoms with Crippen molar-refractivity contribution in [3.63, 3.8) is 0 Å². The highest BCUT2D eigenvalue weighted by Gasteiger charge is 2.15. The zero-order valence-electron chi connectivity index (χ0n) is 9.96. The van der Waals surface area contributed by atoms with E-state index >= 15 is 0 Å². The fourth-order valence-corrected chi connectivity index (χ4v) is 1.83. The second-order valence-corrected chi connectivity index (χ2v) is 3.78. The fraction of sp³-hybridized carbons (Fsp3) is 0.143. The van der Waals surface area contributed by atoms with Crippen molar-refractivity contribution in [1.82, 2.24) is 4.98 Å². The van der Waals surface area contributed by atoms with Gasteiger partial charge in [-0.15, -0.1) is 0 Å². The van der Waals surface area contributed by atoms with Crippen LogP contribution in [0.3, 0.4) is 0 Å². The molecule has 0 aliphatic rings. The van der Waals surface area contributed by atoms with Gasteiger partial charge in [-0.25, -0.2) is 0 Å². The number of hydrogen-bond acceptors (Lipinski definition) is 3. The van der Waals surface area contributed by atoms with Gasteiger partial charge in [0.25, 0.3) is 0 Å². The standard InChI is InChI=1S/C14H13NO3/c1-18-12-7-8-15-14(11(12)9-13(16)17)10-5-3-2-4-6-10/h2-8H,9H2,1H3,(H,16,17). The Balaban J connectivity index is 2.56. The Morgan fingerprint density at radius 3 is 2.61 bits per heavy atom. The Labute approximate surface area is 105 Å². The number of benzene rings is 1. The van der Waals surface area contributed by atoms with Crippen LogP contribution >= 0.6 is 0 Å². The number of carbonyl (C=O) groups is 1. The number of rotatable bonds is 4. The highest BCUT2D eigenvalue weighted by Crippen LogP contribution is 2.28. The Morgan fingerprint density at radius 2 is 2.00 bits per heavy atom. The molecule has 0 amide bonds. The molecule has 0 bridgehead atoms. The minimum absolute atomic E-state index is 0.110. The van der Waals surface area contributed by atoms with Crippen LogP contribution in [0.15, 0.2) is 42.6 Å². The summed E-state index contributed by atoms with van der Waals surface area (Å²) < 4.78 is 5.21. The highest BCUT2D eigenvalue weighted by molar-refractivity contribution is 5.76. The van der Waals surface area contributed by atoms with Crippen molar-refractivity contribution < 1.29 is 14.6 Å². The van der Waals surface area contributed by atoms with Gasteiger partial charge in [-0.1, -0.05) is 30.3 Å². The monoisotopic (exact) mass is 243 g/mol. The van der Waals surface area contributed by atoms with E-state index in [0.717, 1.165) is 5.56 Å². The smallest absolute Gasteiger partial charge is 0.308 e. The van der Waals surface area contributed by atoms with Gasteiger partial charge >= 0.3 is 5.97 Å². The number of aliphatic carboxylic acids is 1. The highest BCUT2D eigenvalue weighted by atomic mass is 16.5. The topological polar surface area (TPSA) is 59.4 Å². The molecule has 0 aliphatic heterocycles. The van der Waals surface area contributed by atoms with E-state index in [9.17, 15) is 4.79 Å². The zero-order valence-corrected chi connectivity index (χ0v) is 9.96. The van der Waals surface area contributed by atoms with Gasteiger partial charge in [0.2, 0.25) is 0 Å². The lowest BCUT2D eigenvalue weighted by Crippen LogP contribution is -2.05. The zero-order chi connectivity index (χ0) is 13.0. The molecule has 0 radical (unpaired) electrons. The molecular formula is C14H13NO3. The molecule has 18 heavy (non-hydrogen) atoms. The average Bonchev–Trinajstić information content (AvgIpc) is 2.39. The average molecular weight is 243 g/mol. The van der Waals surface area contributed by atoms with Gasteiger partial charge in [0.15, 0.2) is 0 Å². The third-order valence-electron chi connectivity index (χ3n) is 2.61. The van der Waals surface area contributed by atoms with Gasteiger partial charge in [0.05, 0.1) is 19.2 Å². The normalized spacial score (nSPS) is 10.1. The molecule has 1 aromatic carbocycles. The lowest BCUT2D eigenvalue weighted by molar-refractivity contribution is -0.136. The number of aromatic nitrogens is 1. The minimum Gasteiger partial charge on any atom is -0.496 e. The molecule has 0 saturated heterocycles. The van der Waals surface area contributed by atoms with Gasteiger partial charge in [0, 0.05) is 17.3 Å². The number of carboxylic acids is 1. The number of nitrogens with zero attached hydrogens (tertiary/aromatic N) is 1. The predicted octanol–water partition coefficient (Wildman–Crippen LogP) is 2.38. The summed E-state index contributed by atoms with van der Waals surface area (Å²) in [6.07, 6.45) is 1.51. The van der Waals surface area contributed by atoms with Crippen LogP contribution < -0.4 is 4.74 Å². The van der Waals surface area contributed by atoms with E-state index in [0.29, 0.717) is 17.0 Å². The largest absolute Gasteiger partial charge is 0.496 e. The number of methoxy groups -OCH3 is 1. The van der Waals surface area contributed by atoms with Crippen LogP contribution in [0.25, 0.3) is 11.3 Å². The summed E-state index contributed by atoms with van der Waals surface area (Å²) >= 11 is 0. The van der Waals surface area contributed by atoms with Crippen molar-refractivity contribution >= 4 is 5.97 Å². The molecule has 4 nitrogen and oxygen atoms in total. The minimum atomic E-state index is -0.904. The van der Waals surface area contributed by atoms with E-state index in [1.165, 1.54) is 7.11 Å². The molecule has 0 spiro atoms. The fourth-order valence-electron chi connectivity index (χ4n) is 1.83. The van der Waals surface area contributed by atoms with Crippen molar-refractivity contribution in [2.45, 2.75) is 6.42 Å². The number of carboxylic acid groups (broad SMARTS) is 1. The van der Waals surface area contributed by atoms with Crippen LogP contribution in [-0.4, -0.2) is 23.2 Å². The van der Waals surface area contributed by atoms with Gasteiger partial charge in [0.1, 0.15) is 5.75 Å². The summed E-state index contributed by atoms with van der Waals surface area (Å²) in [5.74, 6) is -0.357. The van der Waals surface area contributed by atoms with E-state index in [-0.39, 0.29) is 6.42 Å². The summed E-state index contributed by atoms with van der Waals surface area (Å²) in [6.45, 7) is 0. The van der Waals surface area contributed by atoms with Crippen LogP contribution in [0.1, 0.15) is 5.56 Å². The van der Waals surface area contributed by atoms with Gasteiger partial charge < -0.3 is 9.84 Å². The molecule has 92 valence electrons. The van der Waals surface area contributed by atoms with E-state index in [2.05, 4.69) is 4.98 Å². The second-order valence-electron chi connectivity index (χ2n) is 3.78. The molecular weight excluding hydrogens is 230 g/mol. The molecule has 0 atom stereocenters. The lowest BCUT2D eigenvalue weighted by atomic mass is 10.0. The lowest BCUT2D eigenvalue weighted by Gasteiger charge is -2.11. The van der Waals surface area contributed by atoms with Crippen molar-refractivity contribution in [3.8, 4) is 17.0 Å². The Bertz CT molecular complexity index is 552. The van der Waals surface area contributed by atoms with Gasteiger partial charge in [-0.2, -0.15) is 0 Å². The first-order valence-electron chi connectivity index (χ1n) is 5.51. The Morgan fingerprint density at radius 1 is 1.28 bits per heavy atom. The molecule has 0 fully saturated rings. The van der Waals surface area contributed by atoms with Crippen LogP contribution in [-0.2, 0) is 11.2 Å². The second kappa shape index (κ2) is 5.31. The first kappa shape index (κ1) is 12.1. The summed E-state index contributed by atoms with van der Waals surface area (Å²) in [6, 6.07) is 11.1. The third kappa shape index (κ3) is 2.48. The molecule has 1 N–H and O–H groups in total. The van der Waals surface area contributed by atoms with Crippen molar-refractivity contribution in [2.75, 3.05) is 7.11 Å². The maximum Gasteiger partial charge on any atom is 0.308 e. The number of hydrogen-bond donors (Lipinski definition) is 1. The number of pyridine rings is 1. The third-order valence-corrected chi connectivity index (χ3v) is 2.61. The first-order valence-corrected chi connectivity index (χ1v) is 5.51. The molecule has 1 aromatic heterocycles. The molecule has 2 aromatic rings. The van der Waals surface area contributed by atoms with Crippen LogP contribution in [0.2, 0.25) is 0 Å². The van der Waals surface area contributed by atoms with E-state index < -0.39 is 5.97 Å². The SMILES string of the molecule is COc1ccnc(-c2ccccc2)c1CC(=O)O.